The van der Waals surface area contributed by atoms with Crippen molar-refractivity contribution < 1.29 is 14.3 Å². The Kier molecular flexibility index (Phi) is 5.68. The third kappa shape index (κ3) is 4.23. The van der Waals surface area contributed by atoms with Crippen LogP contribution in [0, 0.1) is 0 Å². The monoisotopic (exact) mass is 498 g/mol. The number of anilines is 1. The molecule has 0 saturated carbocycles. The summed E-state index contributed by atoms with van der Waals surface area (Å²) in [7, 11) is 0. The number of hydrogen-bond acceptors (Lipinski definition) is 8. The Labute approximate surface area is 212 Å². The fourth-order valence-corrected chi connectivity index (χ4v) is 4.67. The molecule has 6 rings (SSSR count). The Morgan fingerprint density at radius 1 is 1.16 bits per heavy atom. The van der Waals surface area contributed by atoms with Crippen LogP contribution in [0.3, 0.4) is 0 Å². The molecule has 11 nitrogen and oxygen atoms in total. The molecule has 188 valence electrons. The van der Waals surface area contributed by atoms with E-state index in [1.54, 1.807) is 41.3 Å². The van der Waals surface area contributed by atoms with Crippen molar-refractivity contribution in [3.63, 3.8) is 0 Å². The van der Waals surface area contributed by atoms with Crippen LogP contribution in [-0.2, 0) is 4.74 Å². The van der Waals surface area contributed by atoms with Crippen molar-refractivity contribution in [1.29, 1.82) is 0 Å². The van der Waals surface area contributed by atoms with Gasteiger partial charge in [-0.15, -0.1) is 0 Å². The van der Waals surface area contributed by atoms with E-state index in [1.807, 2.05) is 29.9 Å². The summed E-state index contributed by atoms with van der Waals surface area (Å²) in [4.78, 5) is 21.1. The second-order valence-corrected chi connectivity index (χ2v) is 9.07. The van der Waals surface area contributed by atoms with Gasteiger partial charge in [0.05, 0.1) is 17.4 Å². The van der Waals surface area contributed by atoms with E-state index in [2.05, 4.69) is 15.2 Å². The molecule has 5 aromatic rings. The number of primary amides is 1. The van der Waals surface area contributed by atoms with Gasteiger partial charge in [-0.2, -0.15) is 10.2 Å². The van der Waals surface area contributed by atoms with E-state index < -0.39 is 12.0 Å². The van der Waals surface area contributed by atoms with Crippen LogP contribution in [-0.4, -0.2) is 42.0 Å². The quantitative estimate of drug-likeness (QED) is 0.360. The van der Waals surface area contributed by atoms with Crippen molar-refractivity contribution in [2.45, 2.75) is 38.5 Å². The zero-order chi connectivity index (χ0) is 25.5. The first kappa shape index (κ1) is 22.9. The lowest BCUT2D eigenvalue weighted by atomic mass is 10.1. The minimum atomic E-state index is -0.528. The lowest BCUT2D eigenvalue weighted by Crippen LogP contribution is -2.20. The number of aromatic nitrogens is 6. The van der Waals surface area contributed by atoms with Gasteiger partial charge in [-0.3, -0.25) is 4.79 Å². The molecule has 0 bridgehead atoms. The standard InChI is InChI=1S/C26H26N8O3/c1-15(37-21-13-17-11-16(25(28)35)6-7-19(17)31-24(21)27)23-20(33-9-4-8-29-33)12-18-14-30-34(26(18)32-23)22-5-2-3-10-36-22/h4,6-9,11-15,22H,2-3,5,10H2,1H3,(H2,27,31)(H2,28,35)/t15?,22-/m0/s1. The molecule has 1 aliphatic rings. The minimum absolute atomic E-state index is 0.154. The summed E-state index contributed by atoms with van der Waals surface area (Å²) in [6, 6.07) is 10.6. The maximum Gasteiger partial charge on any atom is 0.248 e. The number of nitrogens with two attached hydrogens (primary N) is 2. The number of ether oxygens (including phenoxy) is 2. The molecule has 0 aliphatic carbocycles. The van der Waals surface area contributed by atoms with E-state index in [4.69, 9.17) is 25.9 Å². The van der Waals surface area contributed by atoms with E-state index in [-0.39, 0.29) is 12.0 Å². The summed E-state index contributed by atoms with van der Waals surface area (Å²) in [5, 5.41) is 10.6. The lowest BCUT2D eigenvalue weighted by Gasteiger charge is -2.24. The molecule has 37 heavy (non-hydrogen) atoms. The average molecular weight is 499 g/mol. The van der Waals surface area contributed by atoms with Crippen molar-refractivity contribution in [3.8, 4) is 11.4 Å². The Morgan fingerprint density at radius 3 is 2.81 bits per heavy atom. The molecule has 0 spiro atoms. The summed E-state index contributed by atoms with van der Waals surface area (Å²) in [5.41, 5.74) is 14.8. The molecule has 4 aromatic heterocycles. The van der Waals surface area contributed by atoms with Gasteiger partial charge >= 0.3 is 0 Å². The van der Waals surface area contributed by atoms with Crippen molar-refractivity contribution >= 4 is 33.7 Å². The van der Waals surface area contributed by atoms with Gasteiger partial charge in [0, 0.05) is 35.3 Å². The SMILES string of the molecule is CC(Oc1cc2cc(C(N)=O)ccc2nc1N)c1nc2c(cnn2[C@@H]2CCCCO2)cc1-n1cccn1. The fraction of sp³-hybridized carbons (Fsp3) is 0.269. The molecule has 1 amide bonds. The van der Waals surface area contributed by atoms with Gasteiger partial charge in [0.15, 0.2) is 23.4 Å². The van der Waals surface area contributed by atoms with Gasteiger partial charge in [0.1, 0.15) is 11.8 Å². The molecule has 1 fully saturated rings. The van der Waals surface area contributed by atoms with Crippen LogP contribution in [0.5, 0.6) is 5.75 Å². The highest BCUT2D eigenvalue weighted by Crippen LogP contribution is 2.33. The van der Waals surface area contributed by atoms with Crippen molar-refractivity contribution in [2.75, 3.05) is 12.3 Å². The second-order valence-electron chi connectivity index (χ2n) is 9.07. The highest BCUT2D eigenvalue weighted by Gasteiger charge is 2.24. The Morgan fingerprint density at radius 2 is 2.05 bits per heavy atom. The van der Waals surface area contributed by atoms with E-state index in [1.165, 1.54) is 0 Å². The van der Waals surface area contributed by atoms with Crippen molar-refractivity contribution in [2.24, 2.45) is 5.73 Å². The van der Waals surface area contributed by atoms with E-state index in [0.717, 1.165) is 30.3 Å². The largest absolute Gasteiger partial charge is 0.480 e. The third-order valence-electron chi connectivity index (χ3n) is 6.54. The number of benzene rings is 1. The number of nitrogens with zero attached hydrogens (tertiary/aromatic N) is 6. The highest BCUT2D eigenvalue weighted by atomic mass is 16.5. The number of carbonyl (C=O) groups is 1. The van der Waals surface area contributed by atoms with Gasteiger partial charge in [0.2, 0.25) is 5.91 Å². The Balaban J connectivity index is 1.42. The summed E-state index contributed by atoms with van der Waals surface area (Å²) in [6.07, 6.45) is 7.68. The molecular weight excluding hydrogens is 472 g/mol. The lowest BCUT2D eigenvalue weighted by molar-refractivity contribution is -0.0370. The van der Waals surface area contributed by atoms with E-state index in [0.29, 0.717) is 40.2 Å². The number of rotatable bonds is 6. The van der Waals surface area contributed by atoms with Crippen LogP contribution in [0.1, 0.15) is 54.6 Å². The molecule has 2 atom stereocenters. The molecule has 11 heteroatoms. The number of carbonyl (C=O) groups excluding carboxylic acids is 1. The van der Waals surface area contributed by atoms with Crippen molar-refractivity contribution in [3.05, 3.63) is 66.2 Å². The number of fused-ring (bicyclic) bond motifs is 2. The summed E-state index contributed by atoms with van der Waals surface area (Å²) >= 11 is 0. The topological polar surface area (TPSA) is 149 Å². The fourth-order valence-electron chi connectivity index (χ4n) is 4.67. The third-order valence-corrected chi connectivity index (χ3v) is 6.54. The van der Waals surface area contributed by atoms with Gasteiger partial charge < -0.3 is 20.9 Å². The predicted octanol–water partition coefficient (Wildman–Crippen LogP) is 3.69. The summed E-state index contributed by atoms with van der Waals surface area (Å²) in [5.74, 6) is 0.0853. The van der Waals surface area contributed by atoms with E-state index >= 15 is 0 Å². The van der Waals surface area contributed by atoms with Gasteiger partial charge in [-0.25, -0.2) is 19.3 Å². The van der Waals surface area contributed by atoms with Crippen LogP contribution in [0.15, 0.2) is 55.0 Å². The van der Waals surface area contributed by atoms with Crippen LogP contribution in [0.4, 0.5) is 5.82 Å². The maximum atomic E-state index is 11.6. The van der Waals surface area contributed by atoms with Crippen molar-refractivity contribution in [1.82, 2.24) is 29.5 Å². The molecule has 1 saturated heterocycles. The molecule has 1 unspecified atom stereocenters. The molecule has 1 aliphatic heterocycles. The Bertz CT molecular complexity index is 1610. The van der Waals surface area contributed by atoms with Gasteiger partial charge in [0.25, 0.3) is 0 Å². The number of amides is 1. The average Bonchev–Trinajstić information content (AvgIpc) is 3.58. The first-order valence-corrected chi connectivity index (χ1v) is 12.1. The number of pyridine rings is 2. The molecule has 1 aromatic carbocycles. The Hall–Kier alpha value is -4.51. The maximum absolute atomic E-state index is 11.6. The number of hydrogen-bond donors (Lipinski definition) is 2. The molecular formula is C26H26N8O3. The molecule has 5 heterocycles. The van der Waals surface area contributed by atoms with E-state index in [9.17, 15) is 4.79 Å². The smallest absolute Gasteiger partial charge is 0.248 e. The summed E-state index contributed by atoms with van der Waals surface area (Å²) < 4.78 is 15.9. The first-order valence-electron chi connectivity index (χ1n) is 12.1. The molecule has 0 radical (unpaired) electrons. The van der Waals surface area contributed by atoms with Crippen LogP contribution in [0.25, 0.3) is 27.6 Å². The zero-order valence-electron chi connectivity index (χ0n) is 20.2. The first-order chi connectivity index (χ1) is 18.0. The van der Waals surface area contributed by atoms with Crippen LogP contribution >= 0.6 is 0 Å². The van der Waals surface area contributed by atoms with Crippen LogP contribution in [0.2, 0.25) is 0 Å². The zero-order valence-corrected chi connectivity index (χ0v) is 20.2. The number of nitrogen functional groups attached to an aromatic ring is 1. The molecule has 4 N–H and O–H groups in total. The highest BCUT2D eigenvalue weighted by molar-refractivity contribution is 5.97. The predicted molar refractivity (Wildman–Crippen MR) is 137 cm³/mol. The van der Waals surface area contributed by atoms with Gasteiger partial charge in [-0.1, -0.05) is 0 Å². The summed E-state index contributed by atoms with van der Waals surface area (Å²) in [6.45, 7) is 2.60. The normalized spacial score (nSPS) is 16.7. The van der Waals surface area contributed by atoms with Crippen LogP contribution < -0.4 is 16.2 Å². The second kappa shape index (κ2) is 9.17. The van der Waals surface area contributed by atoms with Gasteiger partial charge in [-0.05, 0) is 62.6 Å². The minimum Gasteiger partial charge on any atom is -0.480 e.